The first-order valence-corrected chi connectivity index (χ1v) is 13.1. The van der Waals surface area contributed by atoms with Gasteiger partial charge in [0.05, 0.1) is 37.5 Å². The van der Waals surface area contributed by atoms with Crippen LogP contribution in [0.1, 0.15) is 0 Å². The van der Waals surface area contributed by atoms with Crippen LogP contribution in [0.2, 0.25) is 0 Å². The van der Waals surface area contributed by atoms with Crippen molar-refractivity contribution >= 4 is 40.6 Å². The maximum Gasteiger partial charge on any atom is 0.411 e. The molecule has 5 heterocycles. The van der Waals surface area contributed by atoms with E-state index in [9.17, 15) is 9.59 Å². The molecule has 14 nitrogen and oxygen atoms in total. The number of carbonyl (C=O) groups is 2. The number of hydrogen-bond acceptors (Lipinski definition) is 10. The topological polar surface area (TPSA) is 168 Å². The number of amides is 3. The van der Waals surface area contributed by atoms with Crippen LogP contribution in [0.4, 0.5) is 27.0 Å². The van der Waals surface area contributed by atoms with Crippen molar-refractivity contribution in [2.24, 2.45) is 0 Å². The number of pyridine rings is 1. The van der Waals surface area contributed by atoms with Gasteiger partial charge in [-0.3, -0.25) is 10.3 Å². The Bertz CT molecular complexity index is 1570. The Kier molecular flexibility index (Phi) is 7.47. The van der Waals surface area contributed by atoms with Crippen LogP contribution >= 0.6 is 0 Å². The molecule has 3 amide bonds. The molecule has 2 fully saturated rings. The highest BCUT2D eigenvalue weighted by Crippen LogP contribution is 2.30. The van der Waals surface area contributed by atoms with Crippen molar-refractivity contribution in [2.45, 2.75) is 0 Å². The summed E-state index contributed by atoms with van der Waals surface area (Å²) in [5.41, 5.74) is 4.12. The van der Waals surface area contributed by atoms with Crippen molar-refractivity contribution < 1.29 is 24.2 Å². The van der Waals surface area contributed by atoms with E-state index in [1.807, 2.05) is 30.3 Å². The molecule has 0 saturated carbocycles. The van der Waals surface area contributed by atoms with Crippen LogP contribution in [-0.2, 0) is 9.47 Å². The summed E-state index contributed by atoms with van der Waals surface area (Å²) >= 11 is 0. The highest BCUT2D eigenvalue weighted by atomic mass is 16.5. The zero-order valence-electron chi connectivity index (χ0n) is 22.0. The maximum atomic E-state index is 12.7. The maximum absolute atomic E-state index is 12.7. The highest BCUT2D eigenvalue weighted by Gasteiger charge is 2.21. The van der Waals surface area contributed by atoms with Crippen LogP contribution in [0.3, 0.4) is 0 Å². The van der Waals surface area contributed by atoms with Crippen LogP contribution in [0.25, 0.3) is 33.5 Å². The van der Waals surface area contributed by atoms with Crippen LogP contribution in [-0.4, -0.2) is 99.7 Å². The summed E-state index contributed by atoms with van der Waals surface area (Å²) in [7, 11) is 0. The Morgan fingerprint density at radius 3 is 2.24 bits per heavy atom. The normalized spacial score (nSPS) is 15.5. The van der Waals surface area contributed by atoms with Gasteiger partial charge in [0, 0.05) is 56.0 Å². The van der Waals surface area contributed by atoms with Crippen molar-refractivity contribution in [2.75, 3.05) is 68.1 Å². The zero-order chi connectivity index (χ0) is 28.2. The Hall–Kier alpha value is -4.95. The molecule has 0 radical (unpaired) electrons. The molecule has 0 unspecified atom stereocenters. The summed E-state index contributed by atoms with van der Waals surface area (Å²) in [5.74, 6) is 1.01. The van der Waals surface area contributed by atoms with Crippen LogP contribution in [0.5, 0.6) is 0 Å². The summed E-state index contributed by atoms with van der Waals surface area (Å²) < 4.78 is 10.9. The standard InChI is InChI=1S/C27H27N9O5/c37-26(36-6-10-41-11-7-36)31-20-3-1-2-17(12-20)18-13-21-22(28-14-18)24(35-4-8-40-9-5-35)33-23(32-21)19-15-29-25(30-16-19)34-27(38)39/h1-3,12-16H,4-11H2,(H,31,37)(H,38,39)(H,29,30,34). The molecule has 1 aromatic carbocycles. The third kappa shape index (κ3) is 5.97. The predicted molar refractivity (Wildman–Crippen MR) is 150 cm³/mol. The number of hydrogen-bond donors (Lipinski definition) is 3. The zero-order valence-corrected chi connectivity index (χ0v) is 22.0. The lowest BCUT2D eigenvalue weighted by molar-refractivity contribution is 0.0564. The van der Waals surface area contributed by atoms with E-state index in [0.717, 1.165) is 11.1 Å². The van der Waals surface area contributed by atoms with Gasteiger partial charge in [0.15, 0.2) is 11.6 Å². The van der Waals surface area contributed by atoms with E-state index in [1.54, 1.807) is 11.1 Å². The SMILES string of the molecule is O=C(O)Nc1ncc(-c2nc(N3CCOCC3)c3ncc(-c4cccc(NC(=O)N5CCOCC5)c4)cc3n2)cn1. The van der Waals surface area contributed by atoms with Gasteiger partial charge in [-0.15, -0.1) is 0 Å². The molecule has 2 saturated heterocycles. The van der Waals surface area contributed by atoms with Gasteiger partial charge >= 0.3 is 12.1 Å². The molecular weight excluding hydrogens is 530 g/mol. The summed E-state index contributed by atoms with van der Waals surface area (Å²) in [5, 5.41) is 14.0. The fourth-order valence-corrected chi connectivity index (χ4v) is 4.63. The number of ether oxygens (including phenoxy) is 2. The van der Waals surface area contributed by atoms with Crippen LogP contribution in [0.15, 0.2) is 48.9 Å². The second-order valence-corrected chi connectivity index (χ2v) is 9.40. The Morgan fingerprint density at radius 1 is 0.805 bits per heavy atom. The number of anilines is 3. The number of carbonyl (C=O) groups excluding carboxylic acids is 1. The Labute approximate surface area is 234 Å². The minimum absolute atomic E-state index is 0.0417. The second kappa shape index (κ2) is 11.7. The van der Waals surface area contributed by atoms with E-state index in [2.05, 4.69) is 25.5 Å². The van der Waals surface area contributed by atoms with E-state index < -0.39 is 6.09 Å². The van der Waals surface area contributed by atoms with E-state index in [1.165, 1.54) is 12.4 Å². The lowest BCUT2D eigenvalue weighted by Gasteiger charge is -2.28. The summed E-state index contributed by atoms with van der Waals surface area (Å²) in [4.78, 5) is 49.9. The molecule has 0 spiro atoms. The smallest absolute Gasteiger partial charge is 0.411 e. The fourth-order valence-electron chi connectivity index (χ4n) is 4.63. The van der Waals surface area contributed by atoms with Crippen LogP contribution in [0, 0.1) is 0 Å². The summed E-state index contributed by atoms with van der Waals surface area (Å²) in [6.45, 7) is 4.61. The van der Waals surface area contributed by atoms with E-state index in [0.29, 0.717) is 86.5 Å². The molecule has 14 heteroatoms. The first kappa shape index (κ1) is 26.3. The van der Waals surface area contributed by atoms with Crippen molar-refractivity contribution in [1.29, 1.82) is 0 Å². The summed E-state index contributed by atoms with van der Waals surface area (Å²) in [6.07, 6.45) is 3.46. The van der Waals surface area contributed by atoms with Crippen molar-refractivity contribution in [3.05, 3.63) is 48.9 Å². The number of carboxylic acid groups (broad SMARTS) is 1. The average Bonchev–Trinajstić information content (AvgIpc) is 3.01. The summed E-state index contributed by atoms with van der Waals surface area (Å²) in [6, 6.07) is 9.33. The molecule has 210 valence electrons. The molecule has 2 aliphatic heterocycles. The van der Waals surface area contributed by atoms with Crippen molar-refractivity contribution in [1.82, 2.24) is 29.8 Å². The largest absolute Gasteiger partial charge is 0.465 e. The quantitative estimate of drug-likeness (QED) is 0.330. The number of aromatic nitrogens is 5. The number of nitrogens with zero attached hydrogens (tertiary/aromatic N) is 7. The highest BCUT2D eigenvalue weighted by molar-refractivity contribution is 5.92. The van der Waals surface area contributed by atoms with Gasteiger partial charge in [0.2, 0.25) is 5.95 Å². The third-order valence-corrected chi connectivity index (χ3v) is 6.70. The van der Waals surface area contributed by atoms with Gasteiger partial charge in [-0.05, 0) is 23.8 Å². The minimum atomic E-state index is -1.25. The number of nitrogens with one attached hydrogen (secondary N) is 2. The first-order chi connectivity index (χ1) is 20.0. The Morgan fingerprint density at radius 2 is 1.51 bits per heavy atom. The molecule has 6 rings (SSSR count). The number of morpholine rings is 2. The van der Waals surface area contributed by atoms with Gasteiger partial charge in [-0.1, -0.05) is 12.1 Å². The molecule has 0 bridgehead atoms. The van der Waals surface area contributed by atoms with Gasteiger partial charge in [0.1, 0.15) is 5.52 Å². The van der Waals surface area contributed by atoms with Gasteiger partial charge in [-0.25, -0.2) is 29.5 Å². The second-order valence-electron chi connectivity index (χ2n) is 9.40. The molecular formula is C27H27N9O5. The Balaban J connectivity index is 1.35. The van der Waals surface area contributed by atoms with E-state index in [4.69, 9.17) is 29.5 Å². The molecule has 41 heavy (non-hydrogen) atoms. The number of benzene rings is 1. The third-order valence-electron chi connectivity index (χ3n) is 6.70. The van der Waals surface area contributed by atoms with E-state index >= 15 is 0 Å². The monoisotopic (exact) mass is 557 g/mol. The molecule has 3 N–H and O–H groups in total. The average molecular weight is 558 g/mol. The predicted octanol–water partition coefficient (Wildman–Crippen LogP) is 2.94. The number of urea groups is 1. The van der Waals surface area contributed by atoms with Crippen molar-refractivity contribution in [3.8, 4) is 22.5 Å². The molecule has 4 aromatic rings. The number of fused-ring (bicyclic) bond motifs is 1. The lowest BCUT2D eigenvalue weighted by atomic mass is 10.1. The van der Waals surface area contributed by atoms with Gasteiger partial charge < -0.3 is 29.7 Å². The lowest BCUT2D eigenvalue weighted by Crippen LogP contribution is -2.43. The van der Waals surface area contributed by atoms with Gasteiger partial charge in [-0.2, -0.15) is 0 Å². The fraction of sp³-hybridized carbons (Fsp3) is 0.296. The van der Waals surface area contributed by atoms with Gasteiger partial charge in [0.25, 0.3) is 0 Å². The molecule has 0 atom stereocenters. The molecule has 2 aliphatic rings. The number of rotatable bonds is 5. The van der Waals surface area contributed by atoms with E-state index in [-0.39, 0.29) is 12.0 Å². The minimum Gasteiger partial charge on any atom is -0.465 e. The molecule has 3 aromatic heterocycles. The van der Waals surface area contributed by atoms with Crippen LogP contribution < -0.4 is 15.5 Å². The van der Waals surface area contributed by atoms with Crippen molar-refractivity contribution in [3.63, 3.8) is 0 Å². The first-order valence-electron chi connectivity index (χ1n) is 13.1. The molecule has 0 aliphatic carbocycles.